The molecular weight excluding hydrogens is 302 g/mol. The van der Waals surface area contributed by atoms with Crippen molar-refractivity contribution in [3.05, 3.63) is 46.2 Å². The molecule has 0 aliphatic rings. The highest BCUT2D eigenvalue weighted by Crippen LogP contribution is 2.18. The molecule has 0 saturated heterocycles. The van der Waals surface area contributed by atoms with E-state index in [1.54, 1.807) is 31.2 Å². The second kappa shape index (κ2) is 5.57. The van der Waals surface area contributed by atoms with E-state index in [-0.39, 0.29) is 5.75 Å². The molecule has 3 rings (SSSR count). The topological polar surface area (TPSA) is 91.9 Å². The third-order valence-corrected chi connectivity index (χ3v) is 3.82. The maximum absolute atomic E-state index is 12.2. The summed E-state index contributed by atoms with van der Waals surface area (Å²) < 4.78 is 1.51. The number of phenols is 1. The Morgan fingerprint density at radius 2 is 2.18 bits per heavy atom. The lowest BCUT2D eigenvalue weighted by molar-refractivity contribution is 0.0947. The van der Waals surface area contributed by atoms with E-state index in [1.165, 1.54) is 22.1 Å². The number of nitrogens with one attached hydrogen (secondary N) is 1. The van der Waals surface area contributed by atoms with E-state index in [4.69, 9.17) is 0 Å². The number of hydrogen-bond acceptors (Lipinski definition) is 6. The number of benzene rings is 1. The molecule has 112 valence electrons. The number of nitrogens with zero attached hydrogens (tertiary/aromatic N) is 4. The van der Waals surface area contributed by atoms with Crippen LogP contribution in [0, 0.1) is 13.8 Å². The van der Waals surface area contributed by atoms with Crippen LogP contribution in [-0.2, 0) is 0 Å². The number of carbonyl (C=O) groups is 1. The van der Waals surface area contributed by atoms with Crippen LogP contribution in [0.2, 0.25) is 0 Å². The zero-order valence-corrected chi connectivity index (χ0v) is 12.8. The van der Waals surface area contributed by atoms with Gasteiger partial charge in [0.05, 0.1) is 11.9 Å². The number of hydrazone groups is 1. The minimum atomic E-state index is -0.401. The first kappa shape index (κ1) is 14.2. The Morgan fingerprint density at radius 3 is 2.95 bits per heavy atom. The predicted molar refractivity (Wildman–Crippen MR) is 83.5 cm³/mol. The molecule has 0 bridgehead atoms. The van der Waals surface area contributed by atoms with Crippen LogP contribution in [0.25, 0.3) is 4.96 Å². The van der Waals surface area contributed by atoms with Gasteiger partial charge in [-0.15, -0.1) is 0 Å². The van der Waals surface area contributed by atoms with Crippen molar-refractivity contribution >= 4 is 28.4 Å². The average molecular weight is 315 g/mol. The monoisotopic (exact) mass is 315 g/mol. The summed E-state index contributed by atoms with van der Waals surface area (Å²) in [4.78, 5) is 17.2. The first-order valence-electron chi connectivity index (χ1n) is 6.50. The Morgan fingerprint density at radius 1 is 1.41 bits per heavy atom. The molecule has 2 N–H and O–H groups in total. The van der Waals surface area contributed by atoms with Crippen molar-refractivity contribution < 1.29 is 9.90 Å². The van der Waals surface area contributed by atoms with Gasteiger partial charge in [-0.3, -0.25) is 4.79 Å². The van der Waals surface area contributed by atoms with Crippen molar-refractivity contribution in [3.8, 4) is 5.75 Å². The highest BCUT2D eigenvalue weighted by Gasteiger charge is 2.18. The molecule has 0 radical (unpaired) electrons. The van der Waals surface area contributed by atoms with Gasteiger partial charge in [-0.05, 0) is 26.0 Å². The zero-order valence-electron chi connectivity index (χ0n) is 11.9. The molecule has 0 aliphatic carbocycles. The fraction of sp³-hybridized carbons (Fsp3) is 0.143. The number of aryl methyl sites for hydroxylation is 2. The SMILES string of the molecule is Cc1nn2c(C(=O)N/N=C/c3ccccc3O)c(C)nc2s1. The summed E-state index contributed by atoms with van der Waals surface area (Å²) in [5.41, 5.74) is 3.89. The molecule has 1 aromatic carbocycles. The number of fused-ring (bicyclic) bond motifs is 1. The van der Waals surface area contributed by atoms with Gasteiger partial charge in [0, 0.05) is 5.56 Å². The molecular formula is C14H13N5O2S. The maximum atomic E-state index is 12.2. The molecule has 0 spiro atoms. The standard InChI is InChI=1S/C14H13N5O2S/c1-8-12(19-14(16-8)22-9(2)18-19)13(21)17-15-7-10-5-3-4-6-11(10)20/h3-7,20H,1-2H3,(H,17,21)/b15-7+. The second-order valence-electron chi connectivity index (χ2n) is 4.62. The smallest absolute Gasteiger partial charge is 0.292 e. The summed E-state index contributed by atoms with van der Waals surface area (Å²) in [6.45, 7) is 3.60. The van der Waals surface area contributed by atoms with E-state index in [9.17, 15) is 9.90 Å². The molecule has 3 aromatic rings. The lowest BCUT2D eigenvalue weighted by atomic mass is 10.2. The molecule has 22 heavy (non-hydrogen) atoms. The van der Waals surface area contributed by atoms with Gasteiger partial charge in [0.2, 0.25) is 4.96 Å². The lowest BCUT2D eigenvalue weighted by Gasteiger charge is -2.00. The largest absolute Gasteiger partial charge is 0.507 e. The Labute approximate surface area is 129 Å². The van der Waals surface area contributed by atoms with Crippen molar-refractivity contribution in [1.82, 2.24) is 20.0 Å². The lowest BCUT2D eigenvalue weighted by Crippen LogP contribution is -2.21. The number of amides is 1. The van der Waals surface area contributed by atoms with E-state index in [0.29, 0.717) is 21.9 Å². The minimum absolute atomic E-state index is 0.0959. The Balaban J connectivity index is 1.82. The van der Waals surface area contributed by atoms with Crippen molar-refractivity contribution in [1.29, 1.82) is 0 Å². The van der Waals surface area contributed by atoms with Gasteiger partial charge < -0.3 is 5.11 Å². The molecule has 2 aromatic heterocycles. The fourth-order valence-corrected chi connectivity index (χ4v) is 2.80. The van der Waals surface area contributed by atoms with Crippen LogP contribution in [0.1, 0.15) is 26.8 Å². The van der Waals surface area contributed by atoms with Gasteiger partial charge >= 0.3 is 0 Å². The number of rotatable bonds is 3. The molecule has 1 amide bonds. The van der Waals surface area contributed by atoms with Crippen molar-refractivity contribution in [2.24, 2.45) is 5.10 Å². The third kappa shape index (κ3) is 2.56. The van der Waals surface area contributed by atoms with Crippen LogP contribution in [0.4, 0.5) is 0 Å². The van der Waals surface area contributed by atoms with Crippen LogP contribution >= 0.6 is 11.3 Å². The van der Waals surface area contributed by atoms with E-state index in [0.717, 1.165) is 5.01 Å². The molecule has 0 atom stereocenters. The highest BCUT2D eigenvalue weighted by atomic mass is 32.1. The zero-order chi connectivity index (χ0) is 15.7. The maximum Gasteiger partial charge on any atom is 0.292 e. The van der Waals surface area contributed by atoms with Gasteiger partial charge in [0.25, 0.3) is 5.91 Å². The molecule has 8 heteroatoms. The van der Waals surface area contributed by atoms with Gasteiger partial charge in [0.1, 0.15) is 10.8 Å². The van der Waals surface area contributed by atoms with E-state index < -0.39 is 5.91 Å². The number of para-hydroxylation sites is 1. The first-order valence-corrected chi connectivity index (χ1v) is 7.32. The second-order valence-corrected chi connectivity index (χ2v) is 5.78. The Bertz CT molecular complexity index is 881. The Hall–Kier alpha value is -2.74. The molecule has 0 fully saturated rings. The van der Waals surface area contributed by atoms with E-state index >= 15 is 0 Å². The number of imidazole rings is 1. The summed E-state index contributed by atoms with van der Waals surface area (Å²) in [6.07, 6.45) is 1.38. The molecule has 7 nitrogen and oxygen atoms in total. The fourth-order valence-electron chi connectivity index (χ4n) is 2.02. The molecule has 0 aliphatic heterocycles. The van der Waals surface area contributed by atoms with Crippen LogP contribution in [-0.4, -0.2) is 31.8 Å². The molecule has 2 heterocycles. The quantitative estimate of drug-likeness (QED) is 0.570. The highest BCUT2D eigenvalue weighted by molar-refractivity contribution is 7.16. The molecule has 0 unspecified atom stereocenters. The number of hydrogen-bond donors (Lipinski definition) is 2. The van der Waals surface area contributed by atoms with Crippen molar-refractivity contribution in [2.75, 3.05) is 0 Å². The Kier molecular flexibility index (Phi) is 3.60. The van der Waals surface area contributed by atoms with Gasteiger partial charge in [-0.1, -0.05) is 23.5 Å². The first-order chi connectivity index (χ1) is 10.6. The molecule has 0 saturated carbocycles. The summed E-state index contributed by atoms with van der Waals surface area (Å²) >= 11 is 1.42. The summed E-state index contributed by atoms with van der Waals surface area (Å²) in [5.74, 6) is -0.305. The van der Waals surface area contributed by atoms with Gasteiger partial charge in [0.15, 0.2) is 5.69 Å². The number of aromatic hydroxyl groups is 1. The predicted octanol–water partition coefficient (Wildman–Crippen LogP) is 1.88. The van der Waals surface area contributed by atoms with Crippen LogP contribution in [0.15, 0.2) is 29.4 Å². The minimum Gasteiger partial charge on any atom is -0.507 e. The van der Waals surface area contributed by atoms with Crippen LogP contribution < -0.4 is 5.43 Å². The van der Waals surface area contributed by atoms with E-state index in [2.05, 4.69) is 20.6 Å². The number of aromatic nitrogens is 3. The van der Waals surface area contributed by atoms with Crippen LogP contribution in [0.3, 0.4) is 0 Å². The van der Waals surface area contributed by atoms with Gasteiger partial charge in [-0.2, -0.15) is 14.7 Å². The summed E-state index contributed by atoms with van der Waals surface area (Å²) in [6, 6.07) is 6.72. The average Bonchev–Trinajstić information content (AvgIpc) is 2.95. The summed E-state index contributed by atoms with van der Waals surface area (Å²) in [5, 5.41) is 18.6. The normalized spacial score (nSPS) is 11.4. The van der Waals surface area contributed by atoms with Gasteiger partial charge in [-0.25, -0.2) is 10.4 Å². The summed E-state index contributed by atoms with van der Waals surface area (Å²) in [7, 11) is 0. The van der Waals surface area contributed by atoms with Crippen molar-refractivity contribution in [3.63, 3.8) is 0 Å². The number of phenolic OH excluding ortho intramolecular Hbond substituents is 1. The van der Waals surface area contributed by atoms with E-state index in [1.807, 2.05) is 6.92 Å². The van der Waals surface area contributed by atoms with Crippen molar-refractivity contribution in [2.45, 2.75) is 13.8 Å². The van der Waals surface area contributed by atoms with Crippen LogP contribution in [0.5, 0.6) is 5.75 Å². The third-order valence-electron chi connectivity index (χ3n) is 3.00. The number of carbonyl (C=O) groups excluding carboxylic acids is 1.